The van der Waals surface area contributed by atoms with E-state index in [1.807, 2.05) is 47.0 Å². The number of esters is 2. The molecule has 1 aliphatic carbocycles. The first-order valence-corrected chi connectivity index (χ1v) is 13.5. The molecule has 2 saturated heterocycles. The summed E-state index contributed by atoms with van der Waals surface area (Å²) in [6.07, 6.45) is 4.72. The molecule has 3 fully saturated rings. The second-order valence-electron chi connectivity index (χ2n) is 7.71. The smallest absolute Gasteiger partial charge is 0.333 e. The van der Waals surface area contributed by atoms with E-state index in [0.717, 1.165) is 29.4 Å². The van der Waals surface area contributed by atoms with Gasteiger partial charge in [-0.2, -0.15) is 0 Å². The van der Waals surface area contributed by atoms with Crippen LogP contribution in [0.15, 0.2) is 24.3 Å². The maximum Gasteiger partial charge on any atom is 0.333 e. The van der Waals surface area contributed by atoms with Crippen molar-refractivity contribution < 1.29 is 19.1 Å². The molecular formula is C20H28O4S4. The number of carbonyl (C=O) groups is 2. The molecule has 2 aliphatic heterocycles. The number of rotatable bonds is 4. The summed E-state index contributed by atoms with van der Waals surface area (Å²) in [5.41, 5.74) is 0.924. The predicted molar refractivity (Wildman–Crippen MR) is 123 cm³/mol. The third-order valence-electron chi connectivity index (χ3n) is 5.03. The van der Waals surface area contributed by atoms with Crippen LogP contribution in [0.4, 0.5) is 0 Å². The zero-order valence-corrected chi connectivity index (χ0v) is 19.8. The molecule has 0 N–H and O–H groups in total. The van der Waals surface area contributed by atoms with Crippen molar-refractivity contribution in [3.05, 3.63) is 24.3 Å². The summed E-state index contributed by atoms with van der Waals surface area (Å²) in [5.74, 6) is 2.87. The van der Waals surface area contributed by atoms with Gasteiger partial charge >= 0.3 is 11.9 Å². The number of hydrogen-bond donors (Lipinski definition) is 0. The van der Waals surface area contributed by atoms with Crippen LogP contribution >= 0.6 is 47.0 Å². The van der Waals surface area contributed by atoms with Crippen molar-refractivity contribution in [1.29, 1.82) is 0 Å². The molecule has 1 saturated carbocycles. The van der Waals surface area contributed by atoms with Crippen LogP contribution in [0, 0.1) is 0 Å². The van der Waals surface area contributed by atoms with Crippen LogP contribution < -0.4 is 0 Å². The van der Waals surface area contributed by atoms with Gasteiger partial charge < -0.3 is 9.47 Å². The fourth-order valence-corrected chi connectivity index (χ4v) is 10.9. The predicted octanol–water partition coefficient (Wildman–Crippen LogP) is 4.89. The summed E-state index contributed by atoms with van der Waals surface area (Å²) in [5, 5.41) is 0. The Labute approximate surface area is 184 Å². The molecule has 0 aromatic rings. The number of thioether (sulfide) groups is 4. The second-order valence-corrected chi connectivity index (χ2v) is 13.8. The first-order chi connectivity index (χ1) is 13.2. The van der Waals surface area contributed by atoms with Gasteiger partial charge in [0.15, 0.2) is 0 Å². The van der Waals surface area contributed by atoms with Gasteiger partial charge in [-0.15, -0.1) is 47.0 Å². The summed E-state index contributed by atoms with van der Waals surface area (Å²) in [6.45, 7) is 10.7. The van der Waals surface area contributed by atoms with Crippen LogP contribution in [0.5, 0.6) is 0 Å². The maximum absolute atomic E-state index is 11.8. The average Bonchev–Trinajstić information content (AvgIpc) is 2.66. The van der Waals surface area contributed by atoms with Gasteiger partial charge in [0.1, 0.15) is 12.2 Å². The summed E-state index contributed by atoms with van der Waals surface area (Å²) in [7, 11) is 0. The fraction of sp³-hybridized carbons (Fsp3) is 0.700. The highest BCUT2D eigenvalue weighted by Crippen LogP contribution is 2.61. The first-order valence-electron chi connectivity index (χ1n) is 9.51. The van der Waals surface area contributed by atoms with E-state index in [1.165, 1.54) is 19.3 Å². The van der Waals surface area contributed by atoms with Crippen molar-refractivity contribution in [3.8, 4) is 0 Å². The van der Waals surface area contributed by atoms with Crippen LogP contribution in [-0.4, -0.2) is 55.3 Å². The zero-order valence-electron chi connectivity index (χ0n) is 16.5. The van der Waals surface area contributed by atoms with E-state index in [0.29, 0.717) is 11.1 Å². The van der Waals surface area contributed by atoms with Crippen molar-refractivity contribution >= 4 is 59.0 Å². The molecule has 0 aromatic heterocycles. The Hall–Kier alpha value is -0.180. The van der Waals surface area contributed by atoms with Gasteiger partial charge in [0, 0.05) is 34.2 Å². The minimum absolute atomic E-state index is 0.0275. The first kappa shape index (κ1) is 22.5. The van der Waals surface area contributed by atoms with Crippen LogP contribution in [0.25, 0.3) is 0 Å². The van der Waals surface area contributed by atoms with E-state index < -0.39 is 0 Å². The highest BCUT2D eigenvalue weighted by atomic mass is 32.2. The third kappa shape index (κ3) is 5.49. The molecule has 4 nitrogen and oxygen atoms in total. The zero-order chi connectivity index (χ0) is 20.4. The number of ether oxygens (including phenoxy) is 2. The van der Waals surface area contributed by atoms with Crippen LogP contribution in [0.1, 0.15) is 39.5 Å². The molecular weight excluding hydrogens is 432 g/mol. The van der Waals surface area contributed by atoms with Crippen molar-refractivity contribution in [2.75, 3.05) is 23.0 Å². The van der Waals surface area contributed by atoms with Crippen LogP contribution in [0.3, 0.4) is 0 Å². The summed E-state index contributed by atoms with van der Waals surface area (Å²) < 4.78 is 11.5. The minimum Gasteiger partial charge on any atom is -0.457 e. The van der Waals surface area contributed by atoms with Gasteiger partial charge in [-0.05, 0) is 39.5 Å². The lowest BCUT2D eigenvalue weighted by Gasteiger charge is -2.50. The molecule has 0 atom stereocenters. The Kier molecular flexibility index (Phi) is 7.48. The van der Waals surface area contributed by atoms with Gasteiger partial charge in [-0.1, -0.05) is 13.2 Å². The molecule has 0 aromatic carbocycles. The number of hydrogen-bond acceptors (Lipinski definition) is 8. The van der Waals surface area contributed by atoms with E-state index in [4.69, 9.17) is 9.47 Å². The highest BCUT2D eigenvalue weighted by molar-refractivity contribution is 8.20. The monoisotopic (exact) mass is 460 g/mol. The van der Waals surface area contributed by atoms with Crippen molar-refractivity contribution in [3.63, 3.8) is 0 Å². The van der Waals surface area contributed by atoms with Gasteiger partial charge in [-0.3, -0.25) is 0 Å². The molecule has 156 valence electrons. The maximum atomic E-state index is 11.8. The van der Waals surface area contributed by atoms with Gasteiger partial charge in [0.2, 0.25) is 0 Å². The standard InChI is InChI=1S/C20H28O4S4/c1-13(2)17(21)23-15-8-25-19(26-9-15)6-5-7-20(12-19)27-10-16(11-28-20)24-18(22)14(3)4/h15-16H,1,3,5-12H2,2,4H3. The average molecular weight is 461 g/mol. The van der Waals surface area contributed by atoms with Gasteiger partial charge in [-0.25, -0.2) is 9.59 Å². The van der Waals surface area contributed by atoms with Crippen molar-refractivity contribution in [1.82, 2.24) is 0 Å². The third-order valence-corrected chi connectivity index (χ3v) is 12.1. The Morgan fingerprint density at radius 3 is 1.46 bits per heavy atom. The SMILES string of the molecule is C=C(C)C(=O)OC1CSC2(CCCC3(C2)SCC(OC(=O)C(=C)C)CS3)SC1. The lowest BCUT2D eigenvalue weighted by molar-refractivity contribution is -0.143. The Bertz CT molecular complexity index is 593. The molecule has 28 heavy (non-hydrogen) atoms. The summed E-state index contributed by atoms with van der Waals surface area (Å²) in [6, 6.07) is 0. The Morgan fingerprint density at radius 2 is 1.14 bits per heavy atom. The molecule has 0 radical (unpaired) electrons. The fourth-order valence-electron chi connectivity index (χ4n) is 3.51. The molecule has 8 heteroatoms. The van der Waals surface area contributed by atoms with E-state index in [-0.39, 0.29) is 32.3 Å². The molecule has 3 aliphatic rings. The molecule has 0 unspecified atom stereocenters. The molecule has 3 rings (SSSR count). The van der Waals surface area contributed by atoms with Crippen LogP contribution in [0.2, 0.25) is 0 Å². The summed E-state index contributed by atoms with van der Waals surface area (Å²) >= 11 is 7.85. The lowest BCUT2D eigenvalue weighted by Crippen LogP contribution is -2.45. The molecule has 0 bridgehead atoms. The van der Waals surface area contributed by atoms with Gasteiger partial charge in [0.05, 0.1) is 8.16 Å². The highest BCUT2D eigenvalue weighted by Gasteiger charge is 2.50. The van der Waals surface area contributed by atoms with E-state index in [1.54, 1.807) is 13.8 Å². The van der Waals surface area contributed by atoms with Gasteiger partial charge in [0.25, 0.3) is 0 Å². The molecule has 0 amide bonds. The van der Waals surface area contributed by atoms with E-state index in [9.17, 15) is 9.59 Å². The van der Waals surface area contributed by atoms with E-state index in [2.05, 4.69) is 13.2 Å². The summed E-state index contributed by atoms with van der Waals surface area (Å²) in [4.78, 5) is 23.6. The van der Waals surface area contributed by atoms with Crippen LogP contribution in [-0.2, 0) is 19.1 Å². The Morgan fingerprint density at radius 1 is 0.786 bits per heavy atom. The van der Waals surface area contributed by atoms with E-state index >= 15 is 0 Å². The quantitative estimate of drug-likeness (QED) is 0.434. The van der Waals surface area contributed by atoms with Crippen molar-refractivity contribution in [2.24, 2.45) is 0 Å². The minimum atomic E-state index is -0.281. The largest absolute Gasteiger partial charge is 0.457 e. The topological polar surface area (TPSA) is 52.6 Å². The normalized spacial score (nSPS) is 35.4. The number of carbonyl (C=O) groups excluding carboxylic acids is 2. The Balaban J connectivity index is 1.52. The molecule has 2 heterocycles. The molecule has 2 spiro atoms. The second kappa shape index (κ2) is 9.31. The lowest BCUT2D eigenvalue weighted by atomic mass is 9.98. The van der Waals surface area contributed by atoms with Crippen molar-refractivity contribution in [2.45, 2.75) is 59.9 Å².